The second kappa shape index (κ2) is 6.96. The van der Waals surface area contributed by atoms with Crippen molar-refractivity contribution in [1.29, 1.82) is 0 Å². The minimum Gasteiger partial charge on any atom is -0.317 e. The first-order valence-electron chi connectivity index (χ1n) is 8.44. The van der Waals surface area contributed by atoms with E-state index in [0.717, 1.165) is 16.7 Å². The molecule has 0 atom stereocenters. The monoisotopic (exact) mass is 375 g/mol. The Kier molecular flexibility index (Phi) is 4.33. The van der Waals surface area contributed by atoms with E-state index in [-0.39, 0.29) is 11.3 Å². The molecular formula is C21H14FN3O3. The minimum absolute atomic E-state index is 0.0411. The second-order valence-electron chi connectivity index (χ2n) is 6.08. The first-order valence-corrected chi connectivity index (χ1v) is 8.44. The number of nitrogens with zero attached hydrogens (tertiary/aromatic N) is 2. The molecule has 1 aromatic heterocycles. The van der Waals surface area contributed by atoms with Crippen molar-refractivity contribution in [2.24, 2.45) is 0 Å². The number of barbiturate groups is 1. The number of benzene rings is 2. The normalized spacial score (nSPS) is 15.8. The van der Waals surface area contributed by atoms with Gasteiger partial charge in [-0.25, -0.2) is 14.1 Å². The molecule has 4 rings (SSSR count). The third kappa shape index (κ3) is 3.09. The van der Waals surface area contributed by atoms with Gasteiger partial charge in [0.15, 0.2) is 0 Å². The lowest BCUT2D eigenvalue weighted by Crippen LogP contribution is -2.54. The van der Waals surface area contributed by atoms with Gasteiger partial charge in [0, 0.05) is 17.6 Å². The van der Waals surface area contributed by atoms with Crippen LogP contribution >= 0.6 is 0 Å². The Hall–Kier alpha value is -4.00. The Bertz CT molecular complexity index is 1120. The standard InChI is InChI=1S/C21H14FN3O3/c22-14-6-4-9-17(12-14)25-20(27)18(19(26)23-21(25)28)13-16-10-5-11-24(16)15-7-2-1-3-8-15/h1-13H,(H,23,26,28)/b18-13+. The summed E-state index contributed by atoms with van der Waals surface area (Å²) in [6, 6.07) is 17.0. The van der Waals surface area contributed by atoms with E-state index in [0.29, 0.717) is 5.69 Å². The summed E-state index contributed by atoms with van der Waals surface area (Å²) in [5.74, 6) is -2.22. The highest BCUT2D eigenvalue weighted by Crippen LogP contribution is 2.23. The SMILES string of the molecule is O=C1NC(=O)N(c2cccc(F)c2)C(=O)/C1=C/c1cccn1-c1ccccc1. The van der Waals surface area contributed by atoms with Crippen molar-refractivity contribution in [3.05, 3.63) is 90.0 Å². The molecule has 1 fully saturated rings. The number of carbonyl (C=O) groups excluding carboxylic acids is 3. The van der Waals surface area contributed by atoms with Crippen molar-refractivity contribution in [3.8, 4) is 5.69 Å². The number of hydrogen-bond acceptors (Lipinski definition) is 3. The van der Waals surface area contributed by atoms with E-state index in [1.807, 2.05) is 30.3 Å². The van der Waals surface area contributed by atoms with Crippen LogP contribution in [0.5, 0.6) is 0 Å². The van der Waals surface area contributed by atoms with E-state index in [2.05, 4.69) is 5.32 Å². The zero-order valence-corrected chi connectivity index (χ0v) is 14.5. The quantitative estimate of drug-likeness (QED) is 0.564. The Labute approximate surface area is 159 Å². The van der Waals surface area contributed by atoms with Crippen molar-refractivity contribution in [2.75, 3.05) is 4.90 Å². The van der Waals surface area contributed by atoms with Crippen LogP contribution in [0.3, 0.4) is 0 Å². The van der Waals surface area contributed by atoms with Gasteiger partial charge in [-0.2, -0.15) is 0 Å². The van der Waals surface area contributed by atoms with E-state index >= 15 is 0 Å². The summed E-state index contributed by atoms with van der Waals surface area (Å²) >= 11 is 0. The Morgan fingerprint density at radius 1 is 0.857 bits per heavy atom. The van der Waals surface area contributed by atoms with Gasteiger partial charge < -0.3 is 4.57 Å². The third-order valence-electron chi connectivity index (χ3n) is 4.27. The number of aromatic nitrogens is 1. The van der Waals surface area contributed by atoms with Crippen LogP contribution in [0.2, 0.25) is 0 Å². The van der Waals surface area contributed by atoms with Gasteiger partial charge in [0.05, 0.1) is 5.69 Å². The van der Waals surface area contributed by atoms with Gasteiger partial charge in [0.2, 0.25) is 0 Å². The minimum atomic E-state index is -0.920. The average Bonchev–Trinajstić information content (AvgIpc) is 3.14. The lowest BCUT2D eigenvalue weighted by Gasteiger charge is -2.26. The molecule has 0 radical (unpaired) electrons. The second-order valence-corrected chi connectivity index (χ2v) is 6.08. The maximum atomic E-state index is 13.5. The van der Waals surface area contributed by atoms with Crippen molar-refractivity contribution in [1.82, 2.24) is 9.88 Å². The van der Waals surface area contributed by atoms with Gasteiger partial charge in [-0.1, -0.05) is 24.3 Å². The van der Waals surface area contributed by atoms with E-state index < -0.39 is 23.7 Å². The fourth-order valence-corrected chi connectivity index (χ4v) is 2.99. The van der Waals surface area contributed by atoms with Crippen LogP contribution in [0, 0.1) is 5.82 Å². The van der Waals surface area contributed by atoms with E-state index in [1.165, 1.54) is 24.3 Å². The highest BCUT2D eigenvalue weighted by molar-refractivity contribution is 6.39. The molecule has 0 unspecified atom stereocenters. The molecule has 0 bridgehead atoms. The topological polar surface area (TPSA) is 71.4 Å². The highest BCUT2D eigenvalue weighted by atomic mass is 19.1. The Morgan fingerprint density at radius 2 is 1.61 bits per heavy atom. The smallest absolute Gasteiger partial charge is 0.317 e. The molecule has 2 heterocycles. The van der Waals surface area contributed by atoms with Gasteiger partial charge in [-0.15, -0.1) is 0 Å². The van der Waals surface area contributed by atoms with Gasteiger partial charge >= 0.3 is 6.03 Å². The number of urea groups is 1. The van der Waals surface area contributed by atoms with Crippen molar-refractivity contribution >= 4 is 29.6 Å². The maximum absolute atomic E-state index is 13.5. The summed E-state index contributed by atoms with van der Waals surface area (Å²) in [7, 11) is 0. The first-order chi connectivity index (χ1) is 13.5. The highest BCUT2D eigenvalue weighted by Gasteiger charge is 2.37. The molecule has 1 saturated heterocycles. The molecule has 2 aromatic carbocycles. The summed E-state index contributed by atoms with van der Waals surface area (Å²) in [5, 5.41) is 2.13. The molecule has 4 amide bonds. The Morgan fingerprint density at radius 3 is 2.36 bits per heavy atom. The van der Waals surface area contributed by atoms with E-state index in [4.69, 9.17) is 0 Å². The molecule has 0 aliphatic carbocycles. The Balaban J connectivity index is 1.76. The summed E-state index contributed by atoms with van der Waals surface area (Å²) in [4.78, 5) is 38.1. The fraction of sp³-hybridized carbons (Fsp3) is 0. The number of nitrogens with one attached hydrogen (secondary N) is 1. The van der Waals surface area contributed by atoms with Crippen LogP contribution in [0.25, 0.3) is 11.8 Å². The predicted octanol–water partition coefficient (Wildman–Crippen LogP) is 3.28. The molecular weight excluding hydrogens is 361 g/mol. The fourth-order valence-electron chi connectivity index (χ4n) is 2.99. The summed E-state index contributed by atoms with van der Waals surface area (Å²) in [6.45, 7) is 0. The van der Waals surface area contributed by atoms with E-state index in [1.54, 1.807) is 22.9 Å². The largest absolute Gasteiger partial charge is 0.335 e. The van der Waals surface area contributed by atoms with Gasteiger partial charge in [0.1, 0.15) is 11.4 Å². The van der Waals surface area contributed by atoms with Crippen LogP contribution in [0.4, 0.5) is 14.9 Å². The number of halogens is 1. The average molecular weight is 375 g/mol. The first kappa shape index (κ1) is 17.4. The van der Waals surface area contributed by atoms with Crippen molar-refractivity contribution < 1.29 is 18.8 Å². The molecule has 0 saturated carbocycles. The van der Waals surface area contributed by atoms with Crippen LogP contribution < -0.4 is 10.2 Å². The van der Waals surface area contributed by atoms with Crippen molar-refractivity contribution in [3.63, 3.8) is 0 Å². The number of hydrogen-bond donors (Lipinski definition) is 1. The number of para-hydroxylation sites is 1. The summed E-state index contributed by atoms with van der Waals surface area (Å²) in [5.41, 5.74) is 1.25. The zero-order chi connectivity index (χ0) is 19.7. The van der Waals surface area contributed by atoms with Crippen LogP contribution in [0.15, 0.2) is 78.5 Å². The molecule has 0 spiro atoms. The molecule has 1 N–H and O–H groups in total. The number of carbonyl (C=O) groups is 3. The van der Waals surface area contributed by atoms with Gasteiger partial charge in [-0.3, -0.25) is 14.9 Å². The molecule has 6 nitrogen and oxygen atoms in total. The molecule has 1 aliphatic heterocycles. The van der Waals surface area contributed by atoms with E-state index in [9.17, 15) is 18.8 Å². The van der Waals surface area contributed by atoms with Crippen LogP contribution in [-0.4, -0.2) is 22.4 Å². The number of rotatable bonds is 3. The molecule has 7 heteroatoms. The predicted molar refractivity (Wildman–Crippen MR) is 101 cm³/mol. The molecule has 138 valence electrons. The lowest BCUT2D eigenvalue weighted by molar-refractivity contribution is -0.122. The maximum Gasteiger partial charge on any atom is 0.335 e. The van der Waals surface area contributed by atoms with Crippen LogP contribution in [0.1, 0.15) is 5.69 Å². The number of anilines is 1. The number of imide groups is 2. The molecule has 1 aliphatic rings. The van der Waals surface area contributed by atoms with Crippen molar-refractivity contribution in [2.45, 2.75) is 0 Å². The van der Waals surface area contributed by atoms with Gasteiger partial charge in [0.25, 0.3) is 11.8 Å². The third-order valence-corrected chi connectivity index (χ3v) is 4.27. The number of amides is 4. The lowest BCUT2D eigenvalue weighted by atomic mass is 10.1. The zero-order valence-electron chi connectivity index (χ0n) is 14.5. The summed E-state index contributed by atoms with van der Waals surface area (Å²) < 4.78 is 15.3. The molecule has 3 aromatic rings. The molecule has 28 heavy (non-hydrogen) atoms. The van der Waals surface area contributed by atoms with Gasteiger partial charge in [-0.05, 0) is 48.5 Å². The van der Waals surface area contributed by atoms with Crippen LogP contribution in [-0.2, 0) is 9.59 Å². The summed E-state index contributed by atoms with van der Waals surface area (Å²) in [6.07, 6.45) is 3.20.